The third kappa shape index (κ3) is 4.89. The van der Waals surface area contributed by atoms with Gasteiger partial charge in [-0.2, -0.15) is 5.10 Å². The Balaban J connectivity index is 1.82. The van der Waals surface area contributed by atoms with E-state index in [1.807, 2.05) is 12.3 Å². The Kier molecular flexibility index (Phi) is 5.19. The number of nitrogens with zero attached hydrogens (tertiary/aromatic N) is 2. The first-order valence-corrected chi connectivity index (χ1v) is 7.87. The smallest absolute Gasteiger partial charge is 0.118 e. The minimum Gasteiger partial charge on any atom is -0.309 e. The van der Waals surface area contributed by atoms with Crippen molar-refractivity contribution in [3.63, 3.8) is 0 Å². The summed E-state index contributed by atoms with van der Waals surface area (Å²) in [5.74, 6) is 0. The summed E-state index contributed by atoms with van der Waals surface area (Å²) in [6.07, 6.45) is 7.91. The molecule has 114 valence electrons. The van der Waals surface area contributed by atoms with Gasteiger partial charge in [0.2, 0.25) is 0 Å². The SMILES string of the molecule is CC(C)(C)NCC(F)Cc1ccn(C2CCCCC2)n1. The van der Waals surface area contributed by atoms with Crippen molar-refractivity contribution in [2.75, 3.05) is 6.54 Å². The second-order valence-electron chi connectivity index (χ2n) is 7.01. The van der Waals surface area contributed by atoms with Crippen LogP contribution in [0.25, 0.3) is 0 Å². The molecule has 0 amide bonds. The fraction of sp³-hybridized carbons (Fsp3) is 0.812. The van der Waals surface area contributed by atoms with Crippen LogP contribution in [0.15, 0.2) is 12.3 Å². The molecular weight excluding hydrogens is 253 g/mol. The third-order valence-electron chi connectivity index (χ3n) is 3.90. The highest BCUT2D eigenvalue weighted by Gasteiger charge is 2.18. The molecule has 0 aromatic carbocycles. The van der Waals surface area contributed by atoms with Crippen molar-refractivity contribution < 1.29 is 4.39 Å². The highest BCUT2D eigenvalue weighted by atomic mass is 19.1. The normalized spacial score (nSPS) is 19.2. The van der Waals surface area contributed by atoms with E-state index in [-0.39, 0.29) is 5.54 Å². The van der Waals surface area contributed by atoms with E-state index < -0.39 is 6.17 Å². The van der Waals surface area contributed by atoms with Crippen LogP contribution < -0.4 is 5.32 Å². The van der Waals surface area contributed by atoms with E-state index in [9.17, 15) is 4.39 Å². The first-order valence-electron chi connectivity index (χ1n) is 7.87. The molecule has 0 spiro atoms. The van der Waals surface area contributed by atoms with Gasteiger partial charge in [0.05, 0.1) is 11.7 Å². The summed E-state index contributed by atoms with van der Waals surface area (Å²) in [4.78, 5) is 0. The summed E-state index contributed by atoms with van der Waals surface area (Å²) in [5, 5.41) is 7.77. The zero-order valence-electron chi connectivity index (χ0n) is 13.0. The molecular formula is C16H28FN3. The Hall–Kier alpha value is -0.900. The monoisotopic (exact) mass is 281 g/mol. The first kappa shape index (κ1) is 15.5. The molecule has 1 aliphatic rings. The maximum atomic E-state index is 14.0. The Bertz CT molecular complexity index is 402. The van der Waals surface area contributed by atoms with Crippen molar-refractivity contribution >= 4 is 0 Å². The molecule has 1 N–H and O–H groups in total. The van der Waals surface area contributed by atoms with Crippen molar-refractivity contribution in [1.29, 1.82) is 0 Å². The molecule has 0 saturated heterocycles. The van der Waals surface area contributed by atoms with Gasteiger partial charge in [-0.15, -0.1) is 0 Å². The van der Waals surface area contributed by atoms with Gasteiger partial charge < -0.3 is 5.32 Å². The van der Waals surface area contributed by atoms with Crippen LogP contribution in [-0.4, -0.2) is 28.0 Å². The van der Waals surface area contributed by atoms with Crippen molar-refractivity contribution in [1.82, 2.24) is 15.1 Å². The van der Waals surface area contributed by atoms with Gasteiger partial charge >= 0.3 is 0 Å². The maximum absolute atomic E-state index is 14.0. The largest absolute Gasteiger partial charge is 0.309 e. The minimum atomic E-state index is -0.871. The molecule has 0 bridgehead atoms. The molecule has 2 rings (SSSR count). The Morgan fingerprint density at radius 3 is 2.70 bits per heavy atom. The zero-order valence-corrected chi connectivity index (χ0v) is 13.0. The van der Waals surface area contributed by atoms with E-state index in [4.69, 9.17) is 0 Å². The summed E-state index contributed by atoms with van der Waals surface area (Å²) in [5.41, 5.74) is 0.838. The van der Waals surface area contributed by atoms with Crippen LogP contribution in [0.1, 0.15) is 64.6 Å². The lowest BCUT2D eigenvalue weighted by atomic mass is 9.96. The predicted molar refractivity (Wildman–Crippen MR) is 80.7 cm³/mol. The van der Waals surface area contributed by atoms with Crippen LogP contribution in [0.4, 0.5) is 4.39 Å². The van der Waals surface area contributed by atoms with Crippen molar-refractivity contribution in [3.8, 4) is 0 Å². The molecule has 0 radical (unpaired) electrons. The van der Waals surface area contributed by atoms with Crippen molar-refractivity contribution in [2.45, 2.75) is 77.0 Å². The molecule has 1 aromatic rings. The Morgan fingerprint density at radius 2 is 2.05 bits per heavy atom. The molecule has 3 nitrogen and oxygen atoms in total. The molecule has 1 aromatic heterocycles. The van der Waals surface area contributed by atoms with E-state index in [0.29, 0.717) is 19.0 Å². The quantitative estimate of drug-likeness (QED) is 0.892. The average molecular weight is 281 g/mol. The minimum absolute atomic E-state index is 0.0359. The van der Waals surface area contributed by atoms with Gasteiger partial charge in [0, 0.05) is 24.7 Å². The number of halogens is 1. The number of hydrogen-bond donors (Lipinski definition) is 1. The van der Waals surface area contributed by atoms with Gasteiger partial charge in [-0.1, -0.05) is 19.3 Å². The average Bonchev–Trinajstić information content (AvgIpc) is 2.85. The highest BCUT2D eigenvalue weighted by Crippen LogP contribution is 2.27. The van der Waals surface area contributed by atoms with Crippen molar-refractivity contribution in [3.05, 3.63) is 18.0 Å². The Morgan fingerprint density at radius 1 is 1.35 bits per heavy atom. The summed E-state index contributed by atoms with van der Waals surface area (Å²) < 4.78 is 16.0. The molecule has 1 fully saturated rings. The fourth-order valence-corrected chi connectivity index (χ4v) is 2.75. The first-order chi connectivity index (χ1) is 9.44. The molecule has 20 heavy (non-hydrogen) atoms. The second kappa shape index (κ2) is 6.70. The summed E-state index contributed by atoms with van der Waals surface area (Å²) >= 11 is 0. The molecule has 1 aliphatic carbocycles. The molecule has 1 atom stereocenters. The summed E-state index contributed by atoms with van der Waals surface area (Å²) in [6.45, 7) is 6.55. The highest BCUT2D eigenvalue weighted by molar-refractivity contribution is 5.02. The lowest BCUT2D eigenvalue weighted by molar-refractivity contribution is 0.280. The fourth-order valence-electron chi connectivity index (χ4n) is 2.75. The second-order valence-corrected chi connectivity index (χ2v) is 7.01. The van der Waals surface area contributed by atoms with Crippen LogP contribution in [0.5, 0.6) is 0 Å². The van der Waals surface area contributed by atoms with Crippen LogP contribution in [0.2, 0.25) is 0 Å². The maximum Gasteiger partial charge on any atom is 0.118 e. The van der Waals surface area contributed by atoms with Crippen LogP contribution in [-0.2, 0) is 6.42 Å². The van der Waals surface area contributed by atoms with Gasteiger partial charge in [-0.3, -0.25) is 4.68 Å². The standard InChI is InChI=1S/C16H28FN3/c1-16(2,3)18-12-13(17)11-14-9-10-20(19-14)15-7-5-4-6-8-15/h9-10,13,15,18H,4-8,11-12H2,1-3H3. The lowest BCUT2D eigenvalue weighted by Gasteiger charge is -2.22. The van der Waals surface area contributed by atoms with E-state index in [2.05, 4.69) is 35.9 Å². The number of hydrogen-bond acceptors (Lipinski definition) is 2. The van der Waals surface area contributed by atoms with Gasteiger partial charge in [0.1, 0.15) is 6.17 Å². The van der Waals surface area contributed by atoms with E-state index in [0.717, 1.165) is 5.69 Å². The van der Waals surface area contributed by atoms with E-state index >= 15 is 0 Å². The van der Waals surface area contributed by atoms with Crippen molar-refractivity contribution in [2.24, 2.45) is 0 Å². The van der Waals surface area contributed by atoms with Gasteiger partial charge in [-0.25, -0.2) is 4.39 Å². The van der Waals surface area contributed by atoms with E-state index in [1.165, 1.54) is 32.1 Å². The van der Waals surface area contributed by atoms with Gasteiger partial charge in [-0.05, 0) is 39.7 Å². The van der Waals surface area contributed by atoms with Gasteiger partial charge in [0.15, 0.2) is 0 Å². The molecule has 0 aliphatic heterocycles. The molecule has 1 unspecified atom stereocenters. The predicted octanol–water partition coefficient (Wildman–Crippen LogP) is 3.66. The molecule has 4 heteroatoms. The zero-order chi connectivity index (χ0) is 14.6. The lowest BCUT2D eigenvalue weighted by Crippen LogP contribution is -2.40. The van der Waals surface area contributed by atoms with Crippen LogP contribution in [0.3, 0.4) is 0 Å². The van der Waals surface area contributed by atoms with Gasteiger partial charge in [0.25, 0.3) is 0 Å². The summed E-state index contributed by atoms with van der Waals surface area (Å²) in [7, 11) is 0. The number of nitrogens with one attached hydrogen (secondary N) is 1. The molecule has 1 heterocycles. The Labute approximate surface area is 121 Å². The molecule has 1 saturated carbocycles. The number of alkyl halides is 1. The van der Waals surface area contributed by atoms with E-state index in [1.54, 1.807) is 0 Å². The summed E-state index contributed by atoms with van der Waals surface area (Å²) in [6, 6.07) is 2.50. The number of aromatic nitrogens is 2. The number of rotatable bonds is 5. The third-order valence-corrected chi connectivity index (χ3v) is 3.90. The topological polar surface area (TPSA) is 29.9 Å². The van der Waals surface area contributed by atoms with Crippen LogP contribution in [0, 0.1) is 0 Å². The van der Waals surface area contributed by atoms with Crippen LogP contribution >= 0.6 is 0 Å².